The van der Waals surface area contributed by atoms with E-state index in [1.165, 1.54) is 11.1 Å². The quantitative estimate of drug-likeness (QED) is 0.376. The molecule has 0 saturated heterocycles. The second kappa shape index (κ2) is 12.6. The molecular formula is C28H39NO5. The monoisotopic (exact) mass is 469 g/mol. The third-order valence-corrected chi connectivity index (χ3v) is 6.69. The molecule has 0 aliphatic heterocycles. The minimum Gasteiger partial charge on any atom is -0.490 e. The lowest BCUT2D eigenvalue weighted by atomic mass is 9.88. The van der Waals surface area contributed by atoms with Gasteiger partial charge in [-0.15, -0.1) is 0 Å². The van der Waals surface area contributed by atoms with Gasteiger partial charge in [-0.1, -0.05) is 45.0 Å². The number of aliphatic hydroxyl groups is 1. The molecule has 0 fully saturated rings. The van der Waals surface area contributed by atoms with Crippen LogP contribution in [-0.2, 0) is 11.2 Å². The average Bonchev–Trinajstić information content (AvgIpc) is 2.82. The Balaban J connectivity index is 2.02. The molecule has 0 bridgehead atoms. The number of nitrogens with one attached hydrogen (secondary N) is 1. The van der Waals surface area contributed by atoms with Crippen LogP contribution < -0.4 is 10.1 Å². The molecule has 34 heavy (non-hydrogen) atoms. The summed E-state index contributed by atoms with van der Waals surface area (Å²) in [6.07, 6.45) is 4.20. The van der Waals surface area contributed by atoms with Gasteiger partial charge in [0.2, 0.25) is 0 Å². The summed E-state index contributed by atoms with van der Waals surface area (Å²) < 4.78 is 5.91. The van der Waals surface area contributed by atoms with Crippen molar-refractivity contribution >= 4 is 11.9 Å². The van der Waals surface area contributed by atoms with Crippen molar-refractivity contribution in [3.63, 3.8) is 0 Å². The highest BCUT2D eigenvalue weighted by Gasteiger charge is 2.23. The van der Waals surface area contributed by atoms with Crippen molar-refractivity contribution in [2.75, 3.05) is 13.2 Å². The third kappa shape index (κ3) is 7.59. The third-order valence-electron chi connectivity index (χ3n) is 6.69. The van der Waals surface area contributed by atoms with Gasteiger partial charge in [0.1, 0.15) is 18.9 Å². The predicted molar refractivity (Wildman–Crippen MR) is 135 cm³/mol. The highest BCUT2D eigenvalue weighted by Crippen LogP contribution is 2.29. The number of rotatable bonds is 13. The van der Waals surface area contributed by atoms with E-state index in [0.717, 1.165) is 36.1 Å². The topological polar surface area (TPSA) is 95.9 Å². The zero-order valence-corrected chi connectivity index (χ0v) is 21.1. The molecule has 6 heteroatoms. The van der Waals surface area contributed by atoms with Crippen molar-refractivity contribution in [1.29, 1.82) is 0 Å². The van der Waals surface area contributed by atoms with Crippen molar-refractivity contribution in [1.82, 2.24) is 5.32 Å². The summed E-state index contributed by atoms with van der Waals surface area (Å²) in [7, 11) is 0. The first kappa shape index (κ1) is 27.4. The number of hydrogen-bond acceptors (Lipinski definition) is 4. The zero-order chi connectivity index (χ0) is 25.3. The second-order valence-electron chi connectivity index (χ2n) is 9.11. The van der Waals surface area contributed by atoms with Crippen LogP contribution in [0.4, 0.5) is 0 Å². The number of carbonyl (C=O) groups excluding carboxylic acids is 1. The van der Waals surface area contributed by atoms with E-state index in [1.807, 2.05) is 45.9 Å². The predicted octanol–water partition coefficient (Wildman–Crippen LogP) is 5.17. The van der Waals surface area contributed by atoms with E-state index in [0.29, 0.717) is 30.9 Å². The van der Waals surface area contributed by atoms with Gasteiger partial charge in [0, 0.05) is 5.56 Å². The molecule has 6 nitrogen and oxygen atoms in total. The Morgan fingerprint density at radius 2 is 1.74 bits per heavy atom. The largest absolute Gasteiger partial charge is 0.490 e. The number of benzene rings is 2. The maximum atomic E-state index is 12.2. The first-order valence-electron chi connectivity index (χ1n) is 12.2. The Labute approximate surface area is 203 Å². The number of aliphatic carboxylic acids is 1. The molecule has 0 saturated carbocycles. The minimum absolute atomic E-state index is 0.293. The van der Waals surface area contributed by atoms with Crippen LogP contribution in [0.2, 0.25) is 0 Å². The molecule has 1 amide bonds. The fraction of sp³-hybridized carbons (Fsp3) is 0.500. The molecule has 1 atom stereocenters. The van der Waals surface area contributed by atoms with Crippen LogP contribution in [0.5, 0.6) is 5.75 Å². The van der Waals surface area contributed by atoms with E-state index in [-0.39, 0.29) is 12.5 Å². The van der Waals surface area contributed by atoms with Crippen LogP contribution in [0.15, 0.2) is 36.4 Å². The van der Waals surface area contributed by atoms with E-state index in [1.54, 1.807) is 6.07 Å². The molecule has 186 valence electrons. The summed E-state index contributed by atoms with van der Waals surface area (Å²) in [5, 5.41) is 21.6. The van der Waals surface area contributed by atoms with Crippen molar-refractivity contribution in [3.05, 3.63) is 64.2 Å². The van der Waals surface area contributed by atoms with E-state index >= 15 is 0 Å². The molecular weight excluding hydrogens is 430 g/mol. The number of carbonyl (C=O) groups is 2. The lowest BCUT2D eigenvalue weighted by molar-refractivity contribution is -0.135. The molecule has 2 aromatic carbocycles. The van der Waals surface area contributed by atoms with Gasteiger partial charge >= 0.3 is 5.97 Å². The Morgan fingerprint density at radius 3 is 2.29 bits per heavy atom. The fourth-order valence-corrected chi connectivity index (χ4v) is 4.09. The molecule has 0 aromatic heterocycles. The molecule has 2 rings (SSSR count). The van der Waals surface area contributed by atoms with Crippen LogP contribution in [0.25, 0.3) is 0 Å². The van der Waals surface area contributed by atoms with E-state index < -0.39 is 11.6 Å². The smallest absolute Gasteiger partial charge is 0.322 e. The number of amides is 1. The normalized spacial score (nSPS) is 12.3. The number of carboxylic acids is 1. The average molecular weight is 470 g/mol. The maximum Gasteiger partial charge on any atom is 0.322 e. The van der Waals surface area contributed by atoms with Crippen LogP contribution >= 0.6 is 0 Å². The Morgan fingerprint density at radius 1 is 1.03 bits per heavy atom. The van der Waals surface area contributed by atoms with Gasteiger partial charge in [-0.3, -0.25) is 9.59 Å². The van der Waals surface area contributed by atoms with E-state index in [4.69, 9.17) is 9.84 Å². The molecule has 2 aromatic rings. The van der Waals surface area contributed by atoms with Crippen LogP contribution in [0.1, 0.15) is 85.0 Å². The fourth-order valence-electron chi connectivity index (χ4n) is 4.09. The van der Waals surface area contributed by atoms with Gasteiger partial charge in [-0.2, -0.15) is 0 Å². The van der Waals surface area contributed by atoms with Gasteiger partial charge in [0.25, 0.3) is 5.91 Å². The van der Waals surface area contributed by atoms with Crippen molar-refractivity contribution in [2.45, 2.75) is 78.2 Å². The molecule has 0 aliphatic rings. The summed E-state index contributed by atoms with van der Waals surface area (Å²) in [6.45, 7) is 9.92. The highest BCUT2D eigenvalue weighted by atomic mass is 16.5. The number of hydrogen-bond donors (Lipinski definition) is 3. The first-order chi connectivity index (χ1) is 16.1. The standard InChI is InChI=1S/C28H39NO5/c1-6-22(23-12-13-24(19(4)16-23)27(32)29-17-26(30)31)11-9-21-10-14-25(20(5)15-21)34-18-28(33,7-2)8-3/h10,12-16,22,33H,6-9,11,17-18H2,1-5H3,(H,29,32)(H,30,31). The zero-order valence-electron chi connectivity index (χ0n) is 21.1. The Hall–Kier alpha value is -2.86. The summed E-state index contributed by atoms with van der Waals surface area (Å²) >= 11 is 0. The molecule has 3 N–H and O–H groups in total. The summed E-state index contributed by atoms with van der Waals surface area (Å²) in [6, 6.07) is 12.0. The van der Waals surface area contributed by atoms with Crippen molar-refractivity contribution in [3.8, 4) is 5.75 Å². The lowest BCUT2D eigenvalue weighted by Gasteiger charge is -2.25. The summed E-state index contributed by atoms with van der Waals surface area (Å²) in [5.41, 5.74) is 4.05. The molecule has 1 unspecified atom stereocenters. The second-order valence-corrected chi connectivity index (χ2v) is 9.11. The van der Waals surface area contributed by atoms with Crippen molar-refractivity contribution in [2.24, 2.45) is 0 Å². The van der Waals surface area contributed by atoms with Gasteiger partial charge in [-0.25, -0.2) is 0 Å². The van der Waals surface area contributed by atoms with Gasteiger partial charge in [0.05, 0.1) is 5.60 Å². The van der Waals surface area contributed by atoms with Crippen LogP contribution in [0.3, 0.4) is 0 Å². The summed E-state index contributed by atoms with van der Waals surface area (Å²) in [4.78, 5) is 22.9. The Kier molecular flexibility index (Phi) is 10.1. The van der Waals surface area contributed by atoms with Crippen LogP contribution in [0, 0.1) is 13.8 Å². The number of ether oxygens (including phenoxy) is 1. The minimum atomic E-state index is -1.06. The lowest BCUT2D eigenvalue weighted by Crippen LogP contribution is -2.34. The number of carboxylic acid groups (broad SMARTS) is 1. The molecule has 0 heterocycles. The van der Waals surface area contributed by atoms with Gasteiger partial charge in [0.15, 0.2) is 0 Å². The number of aryl methyl sites for hydroxylation is 3. The first-order valence-corrected chi connectivity index (χ1v) is 12.2. The SMILES string of the molecule is CCC(CCc1ccc(OCC(O)(CC)CC)c(C)c1)c1ccc(C(=O)NCC(=O)O)c(C)c1. The Bertz CT molecular complexity index is 981. The molecule has 0 aliphatic carbocycles. The van der Waals surface area contributed by atoms with E-state index in [9.17, 15) is 14.7 Å². The highest BCUT2D eigenvalue weighted by molar-refractivity contribution is 5.97. The van der Waals surface area contributed by atoms with Gasteiger partial charge < -0.3 is 20.3 Å². The van der Waals surface area contributed by atoms with Crippen molar-refractivity contribution < 1.29 is 24.5 Å². The maximum absolute atomic E-state index is 12.2. The molecule has 0 radical (unpaired) electrons. The van der Waals surface area contributed by atoms with E-state index in [2.05, 4.69) is 24.4 Å². The molecule has 0 spiro atoms. The summed E-state index contributed by atoms with van der Waals surface area (Å²) in [5.74, 6) is -0.265. The van der Waals surface area contributed by atoms with Gasteiger partial charge in [-0.05, 0) is 86.3 Å². The van der Waals surface area contributed by atoms with Crippen LogP contribution in [-0.4, -0.2) is 40.8 Å².